The van der Waals surface area contributed by atoms with Crippen LogP contribution in [-0.2, 0) is 35.6 Å². The molecular formula is C30H38N2O7S. The van der Waals surface area contributed by atoms with Gasteiger partial charge in [0.2, 0.25) is 10.0 Å². The van der Waals surface area contributed by atoms with Crippen LogP contribution in [0.1, 0.15) is 45.2 Å². The molecule has 216 valence electrons. The van der Waals surface area contributed by atoms with Gasteiger partial charge in [0.1, 0.15) is 28.4 Å². The van der Waals surface area contributed by atoms with Crippen molar-refractivity contribution in [2.45, 2.75) is 70.1 Å². The first-order valence-electron chi connectivity index (χ1n) is 13.0. The molecule has 0 spiro atoms. The molecule has 2 atom stereocenters. The monoisotopic (exact) mass is 570 g/mol. The molecule has 0 aliphatic rings. The number of amides is 1. The molecule has 3 aromatic carbocycles. The smallest absolute Gasteiger partial charge is 0.308 e. The Hall–Kier alpha value is -3.47. The third-order valence-electron chi connectivity index (χ3n) is 6.20. The summed E-state index contributed by atoms with van der Waals surface area (Å²) in [6, 6.07) is 16.9. The van der Waals surface area contributed by atoms with E-state index in [1.54, 1.807) is 39.0 Å². The minimum absolute atomic E-state index is 0.129. The number of hydroxylamine groups is 2. The zero-order chi connectivity index (χ0) is 29.7. The van der Waals surface area contributed by atoms with Crippen molar-refractivity contribution in [3.8, 4) is 5.75 Å². The molecular weight excluding hydrogens is 532 g/mol. The maximum Gasteiger partial charge on any atom is 0.308 e. The molecule has 0 radical (unpaired) electrons. The second-order valence-corrected chi connectivity index (χ2v) is 12.3. The number of para-hydroxylation sites is 1. The van der Waals surface area contributed by atoms with E-state index in [2.05, 4.69) is 22.9 Å². The third kappa shape index (κ3) is 8.03. The number of sulfonamides is 1. The third-order valence-corrected chi connectivity index (χ3v) is 7.71. The maximum atomic E-state index is 13.6. The summed E-state index contributed by atoms with van der Waals surface area (Å²) < 4.78 is 41.0. The fourth-order valence-corrected chi connectivity index (χ4v) is 5.65. The fraction of sp³-hybridized carbons (Fsp3) is 0.400. The van der Waals surface area contributed by atoms with Crippen LogP contribution in [0.3, 0.4) is 0 Å². The quantitative estimate of drug-likeness (QED) is 0.266. The van der Waals surface area contributed by atoms with Gasteiger partial charge in [-0.25, -0.2) is 13.5 Å². The standard InChI is InChI=1S/C30H38N2O7S/c1-20-16-17-22-12-8-9-13-23(22)24(20)18-21(2)38-26-14-10-11-15-27(26)40(35,36)31-25(29(34)32(6)37-7)19-28(33)39-30(3,4)5/h8-17,21,25,31H,18-19H2,1-7H3/t21?,25-/m0/s1. The number of hydrogen-bond acceptors (Lipinski definition) is 7. The molecule has 0 aromatic heterocycles. The summed E-state index contributed by atoms with van der Waals surface area (Å²) >= 11 is 0. The summed E-state index contributed by atoms with van der Waals surface area (Å²) in [7, 11) is -1.72. The molecule has 3 aromatic rings. The number of benzene rings is 3. The van der Waals surface area contributed by atoms with Gasteiger partial charge < -0.3 is 9.47 Å². The molecule has 1 unspecified atom stereocenters. The van der Waals surface area contributed by atoms with Crippen molar-refractivity contribution in [2.24, 2.45) is 0 Å². The van der Waals surface area contributed by atoms with Gasteiger partial charge in [0.25, 0.3) is 5.91 Å². The molecule has 0 aliphatic carbocycles. The van der Waals surface area contributed by atoms with Crippen molar-refractivity contribution in [2.75, 3.05) is 14.2 Å². The van der Waals surface area contributed by atoms with E-state index in [1.807, 2.05) is 32.0 Å². The van der Waals surface area contributed by atoms with E-state index >= 15 is 0 Å². The van der Waals surface area contributed by atoms with Crippen molar-refractivity contribution >= 4 is 32.7 Å². The lowest BCUT2D eigenvalue weighted by Gasteiger charge is -2.25. The minimum atomic E-state index is -4.31. The van der Waals surface area contributed by atoms with Crippen molar-refractivity contribution < 1.29 is 32.3 Å². The van der Waals surface area contributed by atoms with Crippen molar-refractivity contribution in [1.29, 1.82) is 0 Å². The maximum absolute atomic E-state index is 13.6. The van der Waals surface area contributed by atoms with E-state index in [0.29, 0.717) is 6.42 Å². The normalized spacial score (nSPS) is 13.5. The lowest BCUT2D eigenvalue weighted by Crippen LogP contribution is -2.48. The zero-order valence-electron chi connectivity index (χ0n) is 24.1. The summed E-state index contributed by atoms with van der Waals surface area (Å²) in [5.74, 6) is -1.36. The number of carbonyl (C=O) groups is 2. The molecule has 0 heterocycles. The summed E-state index contributed by atoms with van der Waals surface area (Å²) in [5, 5.41) is 3.09. The molecule has 40 heavy (non-hydrogen) atoms. The molecule has 0 aliphatic heterocycles. The van der Waals surface area contributed by atoms with Gasteiger partial charge in [-0.15, -0.1) is 0 Å². The Morgan fingerprint density at radius 1 is 1.00 bits per heavy atom. The Kier molecular flexibility index (Phi) is 9.94. The average molecular weight is 571 g/mol. The number of nitrogens with one attached hydrogen (secondary N) is 1. The number of likely N-dealkylation sites (N-methyl/N-ethyl adjacent to an activating group) is 1. The van der Waals surface area contributed by atoms with Crippen LogP contribution >= 0.6 is 0 Å². The van der Waals surface area contributed by atoms with E-state index in [0.717, 1.165) is 27.0 Å². The second-order valence-electron chi connectivity index (χ2n) is 10.6. The summed E-state index contributed by atoms with van der Waals surface area (Å²) in [4.78, 5) is 30.2. The highest BCUT2D eigenvalue weighted by molar-refractivity contribution is 7.89. The van der Waals surface area contributed by atoms with E-state index < -0.39 is 40.0 Å². The Morgan fingerprint density at radius 3 is 2.33 bits per heavy atom. The first-order valence-corrected chi connectivity index (χ1v) is 14.5. The number of nitrogens with zero attached hydrogens (tertiary/aromatic N) is 1. The summed E-state index contributed by atoms with van der Waals surface area (Å²) in [5.41, 5.74) is 1.42. The van der Waals surface area contributed by atoms with E-state index in [-0.39, 0.29) is 16.7 Å². The van der Waals surface area contributed by atoms with Gasteiger partial charge in [0.05, 0.1) is 13.5 Å². The van der Waals surface area contributed by atoms with Crippen LogP contribution in [0.15, 0.2) is 65.6 Å². The largest absolute Gasteiger partial charge is 0.489 e. The first-order chi connectivity index (χ1) is 18.7. The lowest BCUT2D eigenvalue weighted by molar-refractivity contribution is -0.173. The Bertz CT molecular complexity index is 1460. The molecule has 0 saturated carbocycles. The highest BCUT2D eigenvalue weighted by atomic mass is 32.2. The number of hydrogen-bond donors (Lipinski definition) is 1. The minimum Gasteiger partial charge on any atom is -0.489 e. The molecule has 1 amide bonds. The molecule has 10 heteroatoms. The van der Waals surface area contributed by atoms with Crippen LogP contribution in [0, 0.1) is 6.92 Å². The van der Waals surface area contributed by atoms with Crippen molar-refractivity contribution in [3.63, 3.8) is 0 Å². The van der Waals surface area contributed by atoms with Gasteiger partial charge in [-0.05, 0) is 68.7 Å². The van der Waals surface area contributed by atoms with Gasteiger partial charge >= 0.3 is 5.97 Å². The predicted octanol–water partition coefficient (Wildman–Crippen LogP) is 4.56. The van der Waals surface area contributed by atoms with Crippen LogP contribution in [0.2, 0.25) is 0 Å². The fourth-order valence-electron chi connectivity index (χ4n) is 4.32. The van der Waals surface area contributed by atoms with Crippen LogP contribution in [0.5, 0.6) is 5.75 Å². The molecule has 0 saturated heterocycles. The van der Waals surface area contributed by atoms with Crippen LogP contribution in [-0.4, -0.2) is 57.3 Å². The predicted molar refractivity (Wildman–Crippen MR) is 153 cm³/mol. The van der Waals surface area contributed by atoms with Gasteiger partial charge in [-0.1, -0.05) is 48.5 Å². The number of carbonyl (C=O) groups excluding carboxylic acids is 2. The Balaban J connectivity index is 1.86. The van der Waals surface area contributed by atoms with Gasteiger partial charge in [0.15, 0.2) is 0 Å². The lowest BCUT2D eigenvalue weighted by atomic mass is 9.96. The highest BCUT2D eigenvalue weighted by Gasteiger charge is 2.33. The average Bonchev–Trinajstić information content (AvgIpc) is 2.88. The number of aryl methyl sites for hydroxylation is 1. The summed E-state index contributed by atoms with van der Waals surface area (Å²) in [6.45, 7) is 8.96. The topological polar surface area (TPSA) is 111 Å². The second kappa shape index (κ2) is 12.8. The molecule has 9 nitrogen and oxygen atoms in total. The summed E-state index contributed by atoms with van der Waals surface area (Å²) in [6.07, 6.45) is -0.351. The van der Waals surface area contributed by atoms with E-state index in [1.165, 1.54) is 20.2 Å². The molecule has 3 rings (SSSR count). The van der Waals surface area contributed by atoms with Crippen LogP contribution in [0.4, 0.5) is 0 Å². The zero-order valence-corrected chi connectivity index (χ0v) is 24.9. The number of fused-ring (bicyclic) bond motifs is 1. The SMILES string of the molecule is CON(C)C(=O)[C@H](CC(=O)OC(C)(C)C)NS(=O)(=O)c1ccccc1OC(C)Cc1c(C)ccc2ccccc12. The number of esters is 1. The first kappa shape index (κ1) is 31.1. The van der Waals surface area contributed by atoms with E-state index in [4.69, 9.17) is 14.3 Å². The highest BCUT2D eigenvalue weighted by Crippen LogP contribution is 2.28. The Labute approximate surface area is 236 Å². The van der Waals surface area contributed by atoms with Gasteiger partial charge in [-0.2, -0.15) is 4.72 Å². The van der Waals surface area contributed by atoms with Crippen LogP contribution in [0.25, 0.3) is 10.8 Å². The van der Waals surface area contributed by atoms with Crippen molar-refractivity contribution in [1.82, 2.24) is 9.79 Å². The number of ether oxygens (including phenoxy) is 2. The van der Waals surface area contributed by atoms with Crippen molar-refractivity contribution in [3.05, 3.63) is 71.8 Å². The van der Waals surface area contributed by atoms with Gasteiger partial charge in [-0.3, -0.25) is 14.4 Å². The molecule has 0 fully saturated rings. The number of rotatable bonds is 11. The van der Waals surface area contributed by atoms with E-state index in [9.17, 15) is 18.0 Å². The Morgan fingerprint density at radius 2 is 1.65 bits per heavy atom. The molecule has 0 bridgehead atoms. The molecule has 1 N–H and O–H groups in total. The van der Waals surface area contributed by atoms with Gasteiger partial charge in [0, 0.05) is 13.5 Å². The van der Waals surface area contributed by atoms with Crippen LogP contribution < -0.4 is 9.46 Å².